The van der Waals surface area contributed by atoms with Gasteiger partial charge in [-0.3, -0.25) is 9.59 Å². The Balaban J connectivity index is 1.56. The van der Waals surface area contributed by atoms with Crippen molar-refractivity contribution in [1.82, 2.24) is 9.80 Å². The Morgan fingerprint density at radius 2 is 1.38 bits per heavy atom. The van der Waals surface area contributed by atoms with E-state index in [4.69, 9.17) is 0 Å². The molecule has 0 saturated carbocycles. The maximum absolute atomic E-state index is 14.2. The largest absolute Gasteiger partial charge is 0.573 e. The first-order chi connectivity index (χ1) is 21.7. The Morgan fingerprint density at radius 1 is 0.756 bits per heavy atom. The standard InChI is InChI=1S/C37H43F3N2O3/c1-3-18-41-20-8-12-29(24-41)35(43)28-15-17-34(45-37(38,39)40)32(23-28)27-14-16-31(26-10-6-5-7-11-26)33(22-27)36(44)30-13-9-21-42(25-30)19-4-2/h5-7,10-11,14-17,22-23,29-30H,3-4,8-9,12-13,18-21,24-25H2,1-2H3. The van der Waals surface area contributed by atoms with Crippen LogP contribution in [0.2, 0.25) is 0 Å². The fraction of sp³-hybridized carbons (Fsp3) is 0.459. The minimum absolute atomic E-state index is 0.0137. The number of carbonyl (C=O) groups excluding carboxylic acids is 2. The summed E-state index contributed by atoms with van der Waals surface area (Å²) in [5, 5.41) is 0. The number of piperidine rings is 2. The number of Topliss-reactive ketones (excluding diaryl/α,β-unsaturated/α-hetero) is 2. The second-order valence-corrected chi connectivity index (χ2v) is 12.4. The highest BCUT2D eigenvalue weighted by Gasteiger charge is 2.34. The van der Waals surface area contributed by atoms with Gasteiger partial charge >= 0.3 is 6.36 Å². The molecule has 2 atom stereocenters. The van der Waals surface area contributed by atoms with Crippen molar-refractivity contribution in [2.75, 3.05) is 39.3 Å². The predicted octanol–water partition coefficient (Wildman–Crippen LogP) is 8.53. The average Bonchev–Trinajstić information content (AvgIpc) is 3.04. The number of rotatable bonds is 11. The van der Waals surface area contributed by atoms with Gasteiger partial charge in [-0.15, -0.1) is 13.2 Å². The highest BCUT2D eigenvalue weighted by molar-refractivity contribution is 6.05. The highest BCUT2D eigenvalue weighted by atomic mass is 19.4. The van der Waals surface area contributed by atoms with Crippen LogP contribution >= 0.6 is 0 Å². The molecule has 2 heterocycles. The number of halogens is 3. The zero-order valence-electron chi connectivity index (χ0n) is 26.2. The second-order valence-electron chi connectivity index (χ2n) is 12.4. The molecule has 2 aliphatic heterocycles. The molecule has 0 N–H and O–H groups in total. The van der Waals surface area contributed by atoms with Crippen LogP contribution in [0, 0.1) is 11.8 Å². The number of likely N-dealkylation sites (tertiary alicyclic amines) is 2. The van der Waals surface area contributed by atoms with Crippen molar-refractivity contribution < 1.29 is 27.5 Å². The zero-order chi connectivity index (χ0) is 32.0. The number of nitrogens with zero attached hydrogens (tertiary/aromatic N) is 2. The van der Waals surface area contributed by atoms with Crippen LogP contribution in [-0.4, -0.2) is 67.0 Å². The van der Waals surface area contributed by atoms with E-state index in [1.54, 1.807) is 18.2 Å². The van der Waals surface area contributed by atoms with Crippen molar-refractivity contribution in [3.05, 3.63) is 77.9 Å². The van der Waals surface area contributed by atoms with E-state index in [9.17, 15) is 22.8 Å². The summed E-state index contributed by atoms with van der Waals surface area (Å²) in [6, 6.07) is 19.0. The van der Waals surface area contributed by atoms with Crippen molar-refractivity contribution in [3.63, 3.8) is 0 Å². The number of alkyl halides is 3. The molecule has 0 radical (unpaired) electrons. The minimum atomic E-state index is -4.92. The van der Waals surface area contributed by atoms with E-state index in [2.05, 4.69) is 28.4 Å². The molecule has 2 aliphatic rings. The van der Waals surface area contributed by atoms with Gasteiger partial charge in [-0.1, -0.05) is 56.3 Å². The lowest BCUT2D eigenvalue weighted by Gasteiger charge is -2.32. The van der Waals surface area contributed by atoms with E-state index in [0.29, 0.717) is 29.8 Å². The lowest BCUT2D eigenvalue weighted by molar-refractivity contribution is -0.274. The third kappa shape index (κ3) is 8.22. The molecular formula is C37H43F3N2O3. The van der Waals surface area contributed by atoms with Crippen LogP contribution in [0.3, 0.4) is 0 Å². The normalized spacial score (nSPS) is 19.8. The predicted molar refractivity (Wildman–Crippen MR) is 172 cm³/mol. The molecule has 0 aliphatic carbocycles. The molecule has 0 spiro atoms. The summed E-state index contributed by atoms with van der Waals surface area (Å²) >= 11 is 0. The average molecular weight is 621 g/mol. The Hall–Kier alpha value is -3.49. The van der Waals surface area contributed by atoms with Crippen molar-refractivity contribution in [1.29, 1.82) is 0 Å². The van der Waals surface area contributed by atoms with E-state index in [1.807, 2.05) is 30.3 Å². The van der Waals surface area contributed by atoms with E-state index < -0.39 is 12.1 Å². The summed E-state index contributed by atoms with van der Waals surface area (Å²) < 4.78 is 45.2. The molecule has 2 unspecified atom stereocenters. The maximum Gasteiger partial charge on any atom is 0.573 e. The molecule has 45 heavy (non-hydrogen) atoms. The van der Waals surface area contributed by atoms with Gasteiger partial charge < -0.3 is 14.5 Å². The number of hydrogen-bond donors (Lipinski definition) is 0. The third-order valence-corrected chi connectivity index (χ3v) is 9.00. The molecule has 0 aromatic heterocycles. The van der Waals surface area contributed by atoms with Crippen LogP contribution in [0.25, 0.3) is 22.3 Å². The summed E-state index contributed by atoms with van der Waals surface area (Å²) in [7, 11) is 0. The van der Waals surface area contributed by atoms with Gasteiger partial charge in [-0.25, -0.2) is 0 Å². The van der Waals surface area contributed by atoms with Crippen LogP contribution in [0.15, 0.2) is 66.7 Å². The molecule has 5 rings (SSSR count). The summed E-state index contributed by atoms with van der Waals surface area (Å²) in [4.78, 5) is 32.5. The summed E-state index contributed by atoms with van der Waals surface area (Å²) in [6.45, 7) is 9.27. The second kappa shape index (κ2) is 14.7. The topological polar surface area (TPSA) is 49.9 Å². The molecule has 2 fully saturated rings. The smallest absolute Gasteiger partial charge is 0.405 e. The van der Waals surface area contributed by atoms with Crippen molar-refractivity contribution in [2.24, 2.45) is 11.8 Å². The molecule has 5 nitrogen and oxygen atoms in total. The number of benzene rings is 3. The van der Waals surface area contributed by atoms with Gasteiger partial charge in [0.1, 0.15) is 5.75 Å². The van der Waals surface area contributed by atoms with E-state index in [1.165, 1.54) is 18.2 Å². The van der Waals surface area contributed by atoms with Crippen LogP contribution < -0.4 is 4.74 Å². The van der Waals surface area contributed by atoms with Crippen molar-refractivity contribution >= 4 is 11.6 Å². The van der Waals surface area contributed by atoms with Crippen molar-refractivity contribution in [3.8, 4) is 28.0 Å². The first-order valence-electron chi connectivity index (χ1n) is 16.3. The first kappa shape index (κ1) is 32.9. The van der Waals surface area contributed by atoms with Crippen molar-refractivity contribution in [2.45, 2.75) is 58.7 Å². The van der Waals surface area contributed by atoms with Gasteiger partial charge in [-0.2, -0.15) is 0 Å². The lowest BCUT2D eigenvalue weighted by Crippen LogP contribution is -2.39. The quantitative estimate of drug-likeness (QED) is 0.201. The maximum atomic E-state index is 14.2. The Bertz CT molecular complexity index is 1470. The van der Waals surface area contributed by atoms with Gasteiger partial charge in [0.25, 0.3) is 0 Å². The Morgan fingerprint density at radius 3 is 1.98 bits per heavy atom. The molecular weight excluding hydrogens is 577 g/mol. The zero-order valence-corrected chi connectivity index (χ0v) is 26.2. The SMILES string of the molecule is CCCN1CCCC(C(=O)c2ccc(OC(F)(F)F)c(-c3ccc(-c4ccccc4)c(C(=O)C4CCCN(CCC)C4)c3)c2)C1. The lowest BCUT2D eigenvalue weighted by atomic mass is 9.84. The minimum Gasteiger partial charge on any atom is -0.405 e. The highest BCUT2D eigenvalue weighted by Crippen LogP contribution is 2.39. The summed E-state index contributed by atoms with van der Waals surface area (Å²) in [5.74, 6) is -0.916. The number of carbonyl (C=O) groups is 2. The summed E-state index contributed by atoms with van der Waals surface area (Å²) in [5.41, 5.74) is 2.97. The van der Waals surface area contributed by atoms with Gasteiger partial charge in [0.05, 0.1) is 0 Å². The van der Waals surface area contributed by atoms with Gasteiger partial charge in [0.2, 0.25) is 0 Å². The molecule has 2 saturated heterocycles. The molecule has 0 amide bonds. The first-order valence-corrected chi connectivity index (χ1v) is 16.3. The molecule has 240 valence electrons. The van der Waals surface area contributed by atoms with Gasteiger partial charge in [0.15, 0.2) is 11.6 Å². The summed E-state index contributed by atoms with van der Waals surface area (Å²) in [6.07, 6.45) is 0.406. The number of hydrogen-bond acceptors (Lipinski definition) is 5. The molecule has 0 bridgehead atoms. The fourth-order valence-electron chi connectivity index (χ4n) is 6.94. The van der Waals surface area contributed by atoms with Crippen LogP contribution in [0.5, 0.6) is 5.75 Å². The van der Waals surface area contributed by atoms with E-state index in [-0.39, 0.29) is 29.0 Å². The fourth-order valence-corrected chi connectivity index (χ4v) is 6.94. The molecule has 8 heteroatoms. The van der Waals surface area contributed by atoms with Crippen LogP contribution in [0.1, 0.15) is 73.1 Å². The van der Waals surface area contributed by atoms with E-state index in [0.717, 1.165) is 75.8 Å². The Labute approximate surface area is 264 Å². The molecule has 3 aromatic carbocycles. The van der Waals surface area contributed by atoms with Gasteiger partial charge in [0, 0.05) is 41.6 Å². The van der Waals surface area contributed by atoms with Crippen LogP contribution in [-0.2, 0) is 0 Å². The number of ether oxygens (including phenoxy) is 1. The third-order valence-electron chi connectivity index (χ3n) is 9.00. The number of ketones is 2. The van der Waals surface area contributed by atoms with E-state index >= 15 is 0 Å². The molecule has 3 aromatic rings. The monoisotopic (exact) mass is 620 g/mol. The van der Waals surface area contributed by atoms with Gasteiger partial charge in [-0.05, 0) is 106 Å². The Kier molecular flexibility index (Phi) is 10.8. The van der Waals surface area contributed by atoms with Crippen LogP contribution in [0.4, 0.5) is 13.2 Å².